The number of anilines is 2. The Morgan fingerprint density at radius 2 is 1.48 bits per heavy atom. The number of nitrogens with two attached hydrogens (primary N) is 1. The largest absolute Gasteiger partial charge is 0.494 e. The average molecular weight is 1240 g/mol. The van der Waals surface area contributed by atoms with E-state index in [-0.39, 0.29) is 30.2 Å². The second-order valence-electron chi connectivity index (χ2n) is 21.4. The summed E-state index contributed by atoms with van der Waals surface area (Å²) in [5.41, 5.74) is 3.74. The van der Waals surface area contributed by atoms with Crippen LogP contribution >= 0.6 is 27.3 Å². The van der Waals surface area contributed by atoms with Gasteiger partial charge in [0.2, 0.25) is 17.7 Å². The molecule has 3 aromatic carbocycles. The van der Waals surface area contributed by atoms with Crippen LogP contribution in [0.2, 0.25) is 0 Å². The van der Waals surface area contributed by atoms with Crippen molar-refractivity contribution in [2.45, 2.75) is 82.7 Å². The number of unbranched alkanes of at least 4 members (excludes halogenated alkanes) is 1. The van der Waals surface area contributed by atoms with Crippen LogP contribution in [0.4, 0.5) is 15.6 Å². The lowest BCUT2D eigenvalue weighted by atomic mass is 10.0. The van der Waals surface area contributed by atoms with Gasteiger partial charge in [-0.15, -0.1) is 11.3 Å². The van der Waals surface area contributed by atoms with Crippen molar-refractivity contribution in [1.29, 1.82) is 0 Å². The van der Waals surface area contributed by atoms with E-state index in [4.69, 9.17) is 29.5 Å². The molecule has 0 bridgehead atoms. The molecule has 2 aliphatic heterocycles. The van der Waals surface area contributed by atoms with Gasteiger partial charge in [0.25, 0.3) is 0 Å². The van der Waals surface area contributed by atoms with Crippen molar-refractivity contribution in [1.82, 2.24) is 34.8 Å². The van der Waals surface area contributed by atoms with E-state index in [1.54, 1.807) is 35.9 Å². The average Bonchev–Trinajstić information content (AvgIpc) is 3.79. The predicted molar refractivity (Wildman–Crippen MR) is 334 cm³/mol. The van der Waals surface area contributed by atoms with Gasteiger partial charge in [0.1, 0.15) is 24.1 Å². The van der Waals surface area contributed by atoms with Crippen molar-refractivity contribution in [3.63, 3.8) is 0 Å². The van der Waals surface area contributed by atoms with Crippen molar-refractivity contribution < 1.29 is 42.9 Å². The van der Waals surface area contributed by atoms with Crippen molar-refractivity contribution in [2.75, 3.05) is 150 Å². The summed E-state index contributed by atoms with van der Waals surface area (Å²) in [6.07, 6.45) is 10.7. The highest BCUT2D eigenvalue weighted by Crippen LogP contribution is 2.36. The van der Waals surface area contributed by atoms with Gasteiger partial charge >= 0.3 is 6.03 Å². The Morgan fingerprint density at radius 3 is 2.20 bits per heavy atom. The molecule has 5 amide bonds. The third-order valence-corrected chi connectivity index (χ3v) is 16.0. The number of hydrogen-bond donors (Lipinski definition) is 4. The number of urea groups is 1. The maximum Gasteiger partial charge on any atom is 0.325 e. The SMILES string of the molecule is CN(CCCCOc1ccc(CCC(=O)N(C2CC2)C(C(=O)NCCN2CCCCC2)c2ccc(Br)cc2)cc1)CCOCCOCC/C(C=NCCOCCOc1ccc(NC(=O)Nc2nc(CC(=O)N3CCN(C)CC3)cs2)cc1)=N/N. The molecule has 0 spiro atoms. The number of likely N-dealkylation sites (tertiary alicyclic amines) is 1. The lowest BCUT2D eigenvalue weighted by molar-refractivity contribution is -0.141. The van der Waals surface area contributed by atoms with Crippen molar-refractivity contribution >= 4 is 73.8 Å². The van der Waals surface area contributed by atoms with Gasteiger partial charge in [0.05, 0.1) is 70.6 Å². The summed E-state index contributed by atoms with van der Waals surface area (Å²) < 4.78 is 29.9. The molecule has 3 heterocycles. The number of benzene rings is 3. The van der Waals surface area contributed by atoms with E-state index < -0.39 is 12.1 Å². The van der Waals surface area contributed by atoms with E-state index in [1.807, 2.05) is 65.4 Å². The van der Waals surface area contributed by atoms with E-state index in [9.17, 15) is 19.2 Å². The maximum absolute atomic E-state index is 14.0. The number of ether oxygens (including phenoxy) is 5. The van der Waals surface area contributed by atoms with Crippen LogP contribution in [0.3, 0.4) is 0 Å². The normalized spacial score (nSPS) is 15.5. The lowest BCUT2D eigenvalue weighted by Gasteiger charge is -2.32. The summed E-state index contributed by atoms with van der Waals surface area (Å²) in [4.78, 5) is 72.4. The molecule has 3 aliphatic rings. The van der Waals surface area contributed by atoms with Crippen molar-refractivity contribution in [2.24, 2.45) is 15.9 Å². The molecule has 1 atom stereocenters. The summed E-state index contributed by atoms with van der Waals surface area (Å²) in [7, 11) is 4.14. The molecule has 1 saturated carbocycles. The van der Waals surface area contributed by atoms with Gasteiger partial charge in [0.15, 0.2) is 5.13 Å². The zero-order chi connectivity index (χ0) is 59.1. The topological polar surface area (TPSA) is 230 Å². The fraction of sp³-hybridized carbons (Fsp3) is 0.557. The van der Waals surface area contributed by atoms with Crippen LogP contribution in [0.15, 0.2) is 92.7 Å². The number of nitrogens with one attached hydrogen (secondary N) is 3. The molecule has 1 unspecified atom stereocenters. The van der Waals surface area contributed by atoms with Gasteiger partial charge in [-0.05, 0) is 138 Å². The number of rotatable bonds is 37. The Balaban J connectivity index is 0.652. The molecule has 1 aliphatic carbocycles. The first-order valence-electron chi connectivity index (χ1n) is 29.7. The molecule has 3 fully saturated rings. The Bertz CT molecular complexity index is 2650. The van der Waals surface area contributed by atoms with Gasteiger partial charge in [-0.2, -0.15) is 5.10 Å². The number of carbonyl (C=O) groups is 4. The number of piperazine rings is 1. The predicted octanol–water partition coefficient (Wildman–Crippen LogP) is 7.13. The first-order chi connectivity index (χ1) is 41.0. The van der Waals surface area contributed by atoms with Crippen molar-refractivity contribution in [3.8, 4) is 11.5 Å². The summed E-state index contributed by atoms with van der Waals surface area (Å²) >= 11 is 4.81. The smallest absolute Gasteiger partial charge is 0.325 e. The monoisotopic (exact) mass is 1240 g/mol. The van der Waals surface area contributed by atoms with E-state index in [0.29, 0.717) is 126 Å². The van der Waals surface area contributed by atoms with Crippen LogP contribution in [0.1, 0.15) is 80.7 Å². The number of nitrogens with zero attached hydrogens (tertiary/aromatic N) is 8. The Labute approximate surface area is 508 Å². The number of thiazole rings is 1. The van der Waals surface area contributed by atoms with Gasteiger partial charge in [0, 0.05) is 86.5 Å². The summed E-state index contributed by atoms with van der Waals surface area (Å²) in [5.74, 6) is 6.97. The van der Waals surface area contributed by atoms with E-state index in [0.717, 1.165) is 92.8 Å². The Hall–Kier alpha value is -6.05. The summed E-state index contributed by atoms with van der Waals surface area (Å²) in [5, 5.41) is 14.7. The number of likely N-dealkylation sites (N-methyl/N-ethyl adjacent to an activating group) is 2. The first-order valence-corrected chi connectivity index (χ1v) is 31.3. The number of aliphatic imine (C=N–C) groups is 1. The molecule has 5 N–H and O–H groups in total. The fourth-order valence-corrected chi connectivity index (χ4v) is 10.7. The molecule has 21 nitrogen and oxygen atoms in total. The number of amides is 5. The highest BCUT2D eigenvalue weighted by atomic mass is 79.9. The van der Waals surface area contributed by atoms with Crippen LogP contribution < -0.4 is 31.3 Å². The van der Waals surface area contributed by atoms with Crippen LogP contribution in [-0.4, -0.2) is 210 Å². The number of hydrazone groups is 1. The third-order valence-electron chi connectivity index (χ3n) is 14.7. The Kier molecular flexibility index (Phi) is 28.6. The van der Waals surface area contributed by atoms with E-state index >= 15 is 0 Å². The van der Waals surface area contributed by atoms with Crippen LogP contribution in [0, 0.1) is 0 Å². The molecule has 7 rings (SSSR count). The molecular weight excluding hydrogens is 1160 g/mol. The van der Waals surface area contributed by atoms with Crippen LogP contribution in [0.25, 0.3) is 0 Å². The number of piperidine rings is 1. The van der Waals surface area contributed by atoms with Gasteiger partial charge in [-0.25, -0.2) is 9.78 Å². The third kappa shape index (κ3) is 24.1. The molecule has 4 aromatic rings. The van der Waals surface area contributed by atoms with Crippen molar-refractivity contribution in [3.05, 3.63) is 99.5 Å². The first kappa shape index (κ1) is 65.5. The molecule has 23 heteroatoms. The van der Waals surface area contributed by atoms with Gasteiger partial charge in [-0.3, -0.25) is 24.7 Å². The minimum absolute atomic E-state index is 0.00423. The van der Waals surface area contributed by atoms with Gasteiger partial charge < -0.3 is 64.7 Å². The molecule has 0 radical (unpaired) electrons. The Morgan fingerprint density at radius 1 is 0.786 bits per heavy atom. The summed E-state index contributed by atoms with van der Waals surface area (Å²) in [6, 6.07) is 21.8. The second kappa shape index (κ2) is 36.7. The minimum Gasteiger partial charge on any atom is -0.494 e. The maximum atomic E-state index is 14.0. The number of hydrogen-bond acceptors (Lipinski definition) is 17. The standard InChI is InChI=1S/C61H87BrN12O9S/c1-70(27-6-7-36-82-54-19-8-47(9-20-54)10-23-56(75)74(53-17-18-53)58(48-11-13-49(62)14-12-48)59(77)65-25-30-72-28-4-3-5-29-72)35-39-81-41-40-79-37-24-51(69-63)45-64-26-38-80-42-43-83-55-21-15-50(16-22-55)66-60(78)68-61-67-52(46-84-61)44-57(76)73-33-31-71(2)32-34-73/h8-9,11-16,19-22,45-46,53,58H,3-7,10,17-18,23-44,63H2,1-2H3,(H,65,77)(H2,66,67,68,78)/b64-45?,69-51-. The number of carbonyl (C=O) groups excluding carboxylic acids is 4. The lowest BCUT2D eigenvalue weighted by Crippen LogP contribution is -2.47. The van der Waals surface area contributed by atoms with Crippen LogP contribution in [0.5, 0.6) is 11.5 Å². The zero-order valence-electron chi connectivity index (χ0n) is 49.1. The highest BCUT2D eigenvalue weighted by molar-refractivity contribution is 9.10. The van der Waals surface area contributed by atoms with Crippen LogP contribution in [-0.2, 0) is 41.4 Å². The second-order valence-corrected chi connectivity index (χ2v) is 23.2. The highest BCUT2D eigenvalue weighted by Gasteiger charge is 2.41. The number of aromatic nitrogens is 1. The zero-order valence-corrected chi connectivity index (χ0v) is 51.5. The van der Waals surface area contributed by atoms with E-state index in [1.165, 1.54) is 30.6 Å². The molecule has 84 heavy (non-hydrogen) atoms. The molecule has 1 aromatic heterocycles. The fourth-order valence-electron chi connectivity index (χ4n) is 9.68. The number of halogens is 1. The minimum atomic E-state index is -0.661. The molecular formula is C61H87BrN12O9S. The quantitative estimate of drug-likeness (QED) is 0.0152. The number of aryl methyl sites for hydroxylation is 1. The molecule has 2 saturated heterocycles. The summed E-state index contributed by atoms with van der Waals surface area (Å²) in [6.45, 7) is 12.6. The van der Waals surface area contributed by atoms with Gasteiger partial charge in [-0.1, -0.05) is 46.6 Å². The molecule has 458 valence electrons. The van der Waals surface area contributed by atoms with E-state index in [2.05, 4.69) is 68.7 Å².